The molecule has 1 aliphatic rings. The quantitative estimate of drug-likeness (QED) is 0.817. The highest BCUT2D eigenvalue weighted by Crippen LogP contribution is 2.24. The summed E-state index contributed by atoms with van der Waals surface area (Å²) in [5.74, 6) is 0.683. The topological polar surface area (TPSA) is 38.2 Å². The van der Waals surface area contributed by atoms with Crippen molar-refractivity contribution in [1.29, 1.82) is 0 Å². The van der Waals surface area contributed by atoms with E-state index in [-0.39, 0.29) is 12.5 Å². The van der Waals surface area contributed by atoms with Crippen LogP contribution in [0.15, 0.2) is 0 Å². The maximum atomic E-state index is 12.4. The number of rotatable bonds is 3. The van der Waals surface area contributed by atoms with Crippen LogP contribution in [-0.2, 0) is 4.74 Å². The molecule has 2 rings (SSSR count). The minimum atomic E-state index is -2.32. The molecule has 0 spiro atoms. The van der Waals surface area contributed by atoms with Gasteiger partial charge in [0.25, 0.3) is 0 Å². The summed E-state index contributed by atoms with van der Waals surface area (Å²) in [4.78, 5) is 6.10. The van der Waals surface area contributed by atoms with E-state index in [0.717, 1.165) is 0 Å². The van der Waals surface area contributed by atoms with Crippen molar-refractivity contribution in [3.63, 3.8) is 0 Å². The summed E-state index contributed by atoms with van der Waals surface area (Å²) in [6.45, 7) is 3.29. The van der Waals surface area contributed by atoms with Gasteiger partial charge in [-0.2, -0.15) is 4.37 Å². The Kier molecular flexibility index (Phi) is 3.65. The fraction of sp³-hybridized carbons (Fsp3) is 0.778. The summed E-state index contributed by atoms with van der Waals surface area (Å²) in [6.07, 6.45) is -2.50. The Morgan fingerprint density at radius 2 is 2.44 bits per heavy atom. The fourth-order valence-electron chi connectivity index (χ4n) is 1.71. The van der Waals surface area contributed by atoms with Crippen LogP contribution in [0.3, 0.4) is 0 Å². The van der Waals surface area contributed by atoms with Crippen molar-refractivity contribution in [2.75, 3.05) is 24.7 Å². The molecule has 0 aliphatic carbocycles. The van der Waals surface area contributed by atoms with E-state index in [1.807, 2.05) is 4.90 Å². The lowest BCUT2D eigenvalue weighted by atomic mass is 10.2. The highest BCUT2D eigenvalue weighted by atomic mass is 32.1. The van der Waals surface area contributed by atoms with Gasteiger partial charge in [-0.3, -0.25) is 0 Å². The number of alkyl halides is 2. The second-order valence-electron chi connectivity index (χ2n) is 3.67. The fourth-order valence-corrected chi connectivity index (χ4v) is 2.48. The first kappa shape index (κ1) is 11.7. The molecule has 1 fully saturated rings. The molecule has 1 aliphatic heterocycles. The molecule has 0 radical (unpaired) electrons. The monoisotopic (exact) mass is 249 g/mol. The van der Waals surface area contributed by atoms with Crippen molar-refractivity contribution >= 4 is 16.7 Å². The first-order valence-electron chi connectivity index (χ1n) is 5.09. The summed E-state index contributed by atoms with van der Waals surface area (Å²) in [7, 11) is 0. The number of hydrogen-bond donors (Lipinski definition) is 0. The molecule has 1 aromatic rings. The van der Waals surface area contributed by atoms with Gasteiger partial charge in [-0.25, -0.2) is 13.8 Å². The second-order valence-corrected chi connectivity index (χ2v) is 4.40. The lowest BCUT2D eigenvalue weighted by Crippen LogP contribution is -2.46. The number of aromatic nitrogens is 2. The zero-order valence-corrected chi connectivity index (χ0v) is 9.71. The maximum Gasteiger partial charge on any atom is 0.240 e. The van der Waals surface area contributed by atoms with Crippen molar-refractivity contribution in [2.45, 2.75) is 25.8 Å². The zero-order chi connectivity index (χ0) is 11.5. The molecule has 1 atom stereocenters. The van der Waals surface area contributed by atoms with Crippen molar-refractivity contribution < 1.29 is 13.5 Å². The van der Waals surface area contributed by atoms with Crippen LogP contribution in [0, 0.1) is 6.92 Å². The molecule has 1 saturated heterocycles. The maximum absolute atomic E-state index is 12.4. The van der Waals surface area contributed by atoms with Gasteiger partial charge in [-0.1, -0.05) is 0 Å². The second kappa shape index (κ2) is 5.01. The summed E-state index contributed by atoms with van der Waals surface area (Å²) < 4.78 is 34.1. The first-order valence-corrected chi connectivity index (χ1v) is 5.87. The Hall–Kier alpha value is -0.820. The van der Waals surface area contributed by atoms with Crippen LogP contribution < -0.4 is 4.90 Å². The first-order chi connectivity index (χ1) is 7.66. The Balaban J connectivity index is 2.10. The van der Waals surface area contributed by atoms with E-state index < -0.39 is 6.43 Å². The minimum Gasteiger partial charge on any atom is -0.377 e. The predicted octanol–water partition coefficient (Wildman–Crippen LogP) is 1.71. The summed E-state index contributed by atoms with van der Waals surface area (Å²) in [5.41, 5.74) is 0. The van der Waals surface area contributed by atoms with E-state index >= 15 is 0 Å². The van der Waals surface area contributed by atoms with Crippen LogP contribution >= 0.6 is 11.5 Å². The summed E-state index contributed by atoms with van der Waals surface area (Å²) >= 11 is 1.25. The van der Waals surface area contributed by atoms with Gasteiger partial charge in [-0.05, 0) is 6.92 Å². The molecule has 0 saturated carbocycles. The molecule has 2 heterocycles. The van der Waals surface area contributed by atoms with Gasteiger partial charge in [0.15, 0.2) is 0 Å². The van der Waals surface area contributed by atoms with Crippen LogP contribution in [0.1, 0.15) is 12.2 Å². The van der Waals surface area contributed by atoms with Gasteiger partial charge >= 0.3 is 0 Å². The lowest BCUT2D eigenvalue weighted by Gasteiger charge is -2.34. The molecule has 4 nitrogen and oxygen atoms in total. The standard InChI is InChI=1S/C9H13F2N3OS/c1-6-12-9(16-13-6)14-2-3-15-5-7(14)4-8(10)11/h7-8H,2-5H2,1H3. The molecular formula is C9H13F2N3OS. The third-order valence-corrected chi connectivity index (χ3v) is 3.28. The van der Waals surface area contributed by atoms with Crippen molar-refractivity contribution in [3.8, 4) is 0 Å². The van der Waals surface area contributed by atoms with E-state index in [2.05, 4.69) is 9.36 Å². The third kappa shape index (κ3) is 2.65. The molecule has 16 heavy (non-hydrogen) atoms. The SMILES string of the molecule is Cc1nsc(N2CCOCC2CC(F)F)n1. The minimum absolute atomic E-state index is 0.182. The number of aryl methyl sites for hydroxylation is 1. The van der Waals surface area contributed by atoms with Crippen LogP contribution in [-0.4, -0.2) is 41.6 Å². The Labute approximate surface area is 96.4 Å². The van der Waals surface area contributed by atoms with E-state index in [1.165, 1.54) is 11.5 Å². The molecule has 90 valence electrons. The Morgan fingerprint density at radius 3 is 3.06 bits per heavy atom. The molecule has 1 unspecified atom stereocenters. The van der Waals surface area contributed by atoms with Crippen molar-refractivity contribution in [1.82, 2.24) is 9.36 Å². The van der Waals surface area contributed by atoms with Gasteiger partial charge in [-0.15, -0.1) is 0 Å². The van der Waals surface area contributed by atoms with E-state index in [9.17, 15) is 8.78 Å². The Morgan fingerprint density at radius 1 is 1.62 bits per heavy atom. The van der Waals surface area contributed by atoms with Crippen LogP contribution in [0.5, 0.6) is 0 Å². The van der Waals surface area contributed by atoms with Gasteiger partial charge in [0.1, 0.15) is 5.82 Å². The van der Waals surface area contributed by atoms with Crippen molar-refractivity contribution in [3.05, 3.63) is 5.82 Å². The van der Waals surface area contributed by atoms with Crippen LogP contribution in [0.4, 0.5) is 13.9 Å². The highest BCUT2D eigenvalue weighted by Gasteiger charge is 2.28. The molecule has 0 bridgehead atoms. The van der Waals surface area contributed by atoms with Gasteiger partial charge in [0.05, 0.1) is 19.3 Å². The number of anilines is 1. The van der Waals surface area contributed by atoms with E-state index in [0.29, 0.717) is 30.7 Å². The lowest BCUT2D eigenvalue weighted by molar-refractivity contribution is 0.0584. The largest absolute Gasteiger partial charge is 0.377 e. The molecule has 0 aromatic carbocycles. The van der Waals surface area contributed by atoms with Gasteiger partial charge in [0, 0.05) is 24.5 Å². The third-order valence-electron chi connectivity index (χ3n) is 2.44. The number of halogens is 2. The normalized spacial score (nSPS) is 21.8. The van der Waals surface area contributed by atoms with E-state index in [4.69, 9.17) is 4.74 Å². The molecule has 1 aromatic heterocycles. The predicted molar refractivity (Wildman–Crippen MR) is 57.2 cm³/mol. The number of hydrogen-bond acceptors (Lipinski definition) is 5. The average Bonchev–Trinajstić information content (AvgIpc) is 2.65. The van der Waals surface area contributed by atoms with Crippen LogP contribution in [0.2, 0.25) is 0 Å². The van der Waals surface area contributed by atoms with Crippen molar-refractivity contribution in [2.24, 2.45) is 0 Å². The molecule has 7 heteroatoms. The molecule has 0 N–H and O–H groups in total. The zero-order valence-electron chi connectivity index (χ0n) is 8.90. The summed E-state index contributed by atoms with van der Waals surface area (Å²) in [5, 5.41) is 0.714. The smallest absolute Gasteiger partial charge is 0.240 e. The average molecular weight is 249 g/mol. The molecular weight excluding hydrogens is 236 g/mol. The summed E-state index contributed by atoms with van der Waals surface area (Å²) in [6, 6.07) is -0.291. The Bertz CT molecular complexity index is 347. The number of nitrogens with zero attached hydrogens (tertiary/aromatic N) is 3. The van der Waals surface area contributed by atoms with E-state index in [1.54, 1.807) is 6.92 Å². The molecule has 0 amide bonds. The van der Waals surface area contributed by atoms with Crippen LogP contribution in [0.25, 0.3) is 0 Å². The van der Waals surface area contributed by atoms with Gasteiger partial charge in [0.2, 0.25) is 11.6 Å². The van der Waals surface area contributed by atoms with Gasteiger partial charge < -0.3 is 9.64 Å². The number of ether oxygens (including phenoxy) is 1. The highest BCUT2D eigenvalue weighted by molar-refractivity contribution is 7.09. The number of morpholine rings is 1.